The highest BCUT2D eigenvalue weighted by atomic mass is 35.5. The van der Waals surface area contributed by atoms with Crippen LogP contribution < -0.4 is 9.47 Å². The van der Waals surface area contributed by atoms with E-state index >= 15 is 0 Å². The van der Waals surface area contributed by atoms with Gasteiger partial charge < -0.3 is 9.47 Å². The fraction of sp³-hybridized carbons (Fsp3) is 0.400. The van der Waals surface area contributed by atoms with Crippen LogP contribution in [0.1, 0.15) is 49.7 Å². The summed E-state index contributed by atoms with van der Waals surface area (Å²) in [5, 5.41) is -0.847. The molecule has 4 heteroatoms. The van der Waals surface area contributed by atoms with Gasteiger partial charge in [-0.2, -0.15) is 0 Å². The van der Waals surface area contributed by atoms with Gasteiger partial charge in [-0.15, -0.1) is 0 Å². The fourth-order valence-corrected chi connectivity index (χ4v) is 3.46. The average molecular weight is 367 g/mol. The van der Waals surface area contributed by atoms with Gasteiger partial charge in [-0.3, -0.25) is 0 Å². The molecule has 0 aliphatic heterocycles. The standard InChI is InChI=1S/C20H24Cl2O2/c1-4-18(14-6-10-16(23-3)11-7-14)19(5-2)15-8-12-17(13-9-15)24-20(21)22/h6-13,18-20H,4-5H2,1-3H3. The Balaban J connectivity index is 2.23. The normalized spacial score (nSPS) is 13.6. The number of hydrogen-bond acceptors (Lipinski definition) is 2. The summed E-state index contributed by atoms with van der Waals surface area (Å²) in [6, 6.07) is 16.5. The molecule has 0 saturated carbocycles. The largest absolute Gasteiger partial charge is 0.497 e. The molecule has 0 bridgehead atoms. The van der Waals surface area contributed by atoms with Crippen LogP contribution in [0.25, 0.3) is 0 Å². The van der Waals surface area contributed by atoms with E-state index in [0.29, 0.717) is 17.6 Å². The van der Waals surface area contributed by atoms with E-state index in [1.807, 2.05) is 24.3 Å². The first-order valence-electron chi connectivity index (χ1n) is 8.27. The monoisotopic (exact) mass is 366 g/mol. The molecular weight excluding hydrogens is 343 g/mol. The van der Waals surface area contributed by atoms with Gasteiger partial charge in [-0.1, -0.05) is 61.3 Å². The van der Waals surface area contributed by atoms with Gasteiger partial charge in [-0.05, 0) is 60.1 Å². The molecule has 0 fully saturated rings. The third-order valence-corrected chi connectivity index (χ3v) is 4.62. The van der Waals surface area contributed by atoms with Crippen molar-refractivity contribution in [2.24, 2.45) is 0 Å². The summed E-state index contributed by atoms with van der Waals surface area (Å²) in [6.45, 7) is 4.47. The van der Waals surface area contributed by atoms with Gasteiger partial charge in [0, 0.05) is 0 Å². The molecule has 2 atom stereocenters. The number of halogens is 2. The summed E-state index contributed by atoms with van der Waals surface area (Å²) in [7, 11) is 1.69. The van der Waals surface area contributed by atoms with Crippen molar-refractivity contribution in [2.45, 2.75) is 43.5 Å². The summed E-state index contributed by atoms with van der Waals surface area (Å²) in [5.74, 6) is 2.47. The molecule has 2 rings (SSSR count). The fourth-order valence-electron chi connectivity index (χ4n) is 3.25. The van der Waals surface area contributed by atoms with Crippen LogP contribution in [0.3, 0.4) is 0 Å². The first kappa shape index (κ1) is 19.0. The Bertz CT molecular complexity index is 609. The van der Waals surface area contributed by atoms with Crippen molar-refractivity contribution in [3.8, 4) is 11.5 Å². The highest BCUT2D eigenvalue weighted by Crippen LogP contribution is 2.39. The third-order valence-electron chi connectivity index (χ3n) is 4.44. The minimum absolute atomic E-state index is 0.445. The SMILES string of the molecule is CCC(c1ccc(OC)cc1)C(CC)c1ccc(OC(Cl)Cl)cc1. The molecule has 0 radical (unpaired) electrons. The van der Waals surface area contributed by atoms with Crippen LogP contribution in [-0.2, 0) is 0 Å². The van der Waals surface area contributed by atoms with Crippen molar-refractivity contribution >= 4 is 23.2 Å². The van der Waals surface area contributed by atoms with Crippen molar-refractivity contribution < 1.29 is 9.47 Å². The maximum atomic E-state index is 5.65. The Hall–Kier alpha value is -1.38. The Morgan fingerprint density at radius 1 is 0.750 bits per heavy atom. The van der Waals surface area contributed by atoms with Crippen molar-refractivity contribution in [1.82, 2.24) is 0 Å². The van der Waals surface area contributed by atoms with Crippen LogP contribution in [-0.4, -0.2) is 12.1 Å². The maximum absolute atomic E-state index is 5.65. The lowest BCUT2D eigenvalue weighted by molar-refractivity contribution is 0.354. The first-order chi connectivity index (χ1) is 11.6. The molecule has 0 spiro atoms. The van der Waals surface area contributed by atoms with Crippen molar-refractivity contribution in [3.05, 3.63) is 59.7 Å². The smallest absolute Gasteiger partial charge is 0.247 e. The lowest BCUT2D eigenvalue weighted by atomic mass is 9.78. The molecule has 2 unspecified atom stereocenters. The lowest BCUT2D eigenvalue weighted by Crippen LogP contribution is -2.10. The van der Waals surface area contributed by atoms with Gasteiger partial charge in [0.05, 0.1) is 7.11 Å². The van der Waals surface area contributed by atoms with E-state index in [0.717, 1.165) is 18.6 Å². The van der Waals surface area contributed by atoms with Gasteiger partial charge in [0.1, 0.15) is 11.5 Å². The number of hydrogen-bond donors (Lipinski definition) is 0. The number of ether oxygens (including phenoxy) is 2. The van der Waals surface area contributed by atoms with Gasteiger partial charge in [0.2, 0.25) is 5.02 Å². The summed E-state index contributed by atoms with van der Waals surface area (Å²) < 4.78 is 10.6. The lowest BCUT2D eigenvalue weighted by Gasteiger charge is -2.26. The second kappa shape index (κ2) is 9.19. The highest BCUT2D eigenvalue weighted by molar-refractivity contribution is 6.43. The van der Waals surface area contributed by atoms with E-state index in [2.05, 4.69) is 38.1 Å². The van der Waals surface area contributed by atoms with E-state index < -0.39 is 5.02 Å². The second-order valence-corrected chi connectivity index (χ2v) is 6.77. The molecule has 0 saturated heterocycles. The highest BCUT2D eigenvalue weighted by Gasteiger charge is 2.22. The van der Waals surface area contributed by atoms with Crippen LogP contribution >= 0.6 is 23.2 Å². The summed E-state index contributed by atoms with van der Waals surface area (Å²) in [4.78, 5) is 0. The van der Waals surface area contributed by atoms with Gasteiger partial charge in [0.25, 0.3) is 0 Å². The minimum Gasteiger partial charge on any atom is -0.497 e. The van der Waals surface area contributed by atoms with E-state index in [4.69, 9.17) is 32.7 Å². The molecule has 2 aromatic rings. The van der Waals surface area contributed by atoms with Gasteiger partial charge in [-0.25, -0.2) is 0 Å². The summed E-state index contributed by atoms with van der Waals surface area (Å²) in [5.41, 5.74) is 2.64. The van der Waals surface area contributed by atoms with Gasteiger partial charge in [0.15, 0.2) is 0 Å². The summed E-state index contributed by atoms with van der Waals surface area (Å²) >= 11 is 11.3. The predicted octanol–water partition coefficient (Wildman–Crippen LogP) is 6.52. The average Bonchev–Trinajstić information content (AvgIpc) is 2.60. The second-order valence-electron chi connectivity index (χ2n) is 5.75. The van der Waals surface area contributed by atoms with Crippen LogP contribution in [0.5, 0.6) is 11.5 Å². The molecule has 0 heterocycles. The molecular formula is C20H24Cl2O2. The number of benzene rings is 2. The molecule has 0 N–H and O–H groups in total. The van der Waals surface area contributed by atoms with Crippen molar-refractivity contribution in [3.63, 3.8) is 0 Å². The molecule has 0 aromatic heterocycles. The molecule has 2 nitrogen and oxygen atoms in total. The minimum atomic E-state index is -0.847. The van der Waals surface area contributed by atoms with E-state index in [1.54, 1.807) is 7.11 Å². The van der Waals surface area contributed by atoms with Crippen LogP contribution in [0, 0.1) is 0 Å². The molecule has 2 aromatic carbocycles. The van der Waals surface area contributed by atoms with Crippen molar-refractivity contribution in [2.75, 3.05) is 7.11 Å². The van der Waals surface area contributed by atoms with E-state index in [-0.39, 0.29) is 0 Å². The van der Waals surface area contributed by atoms with E-state index in [9.17, 15) is 0 Å². The van der Waals surface area contributed by atoms with Gasteiger partial charge >= 0.3 is 0 Å². The number of rotatable bonds is 8. The number of methoxy groups -OCH3 is 1. The zero-order chi connectivity index (χ0) is 17.5. The van der Waals surface area contributed by atoms with Crippen molar-refractivity contribution in [1.29, 1.82) is 0 Å². The number of alkyl halides is 2. The Kier molecular flexibility index (Phi) is 7.26. The van der Waals surface area contributed by atoms with Crippen LogP contribution in [0.2, 0.25) is 0 Å². The Labute approximate surface area is 154 Å². The third kappa shape index (κ3) is 4.81. The Morgan fingerprint density at radius 2 is 1.17 bits per heavy atom. The Morgan fingerprint density at radius 3 is 1.50 bits per heavy atom. The topological polar surface area (TPSA) is 18.5 Å². The molecule has 0 amide bonds. The molecule has 130 valence electrons. The quantitative estimate of drug-likeness (QED) is 0.494. The first-order valence-corrected chi connectivity index (χ1v) is 9.15. The molecule has 24 heavy (non-hydrogen) atoms. The maximum Gasteiger partial charge on any atom is 0.247 e. The summed E-state index contributed by atoms with van der Waals surface area (Å²) in [6.07, 6.45) is 2.15. The van der Waals surface area contributed by atoms with Crippen LogP contribution in [0.4, 0.5) is 0 Å². The zero-order valence-electron chi connectivity index (χ0n) is 14.3. The van der Waals surface area contributed by atoms with E-state index in [1.165, 1.54) is 11.1 Å². The zero-order valence-corrected chi connectivity index (χ0v) is 15.8. The molecule has 0 aliphatic rings. The van der Waals surface area contributed by atoms with Crippen LogP contribution in [0.15, 0.2) is 48.5 Å². The molecule has 0 aliphatic carbocycles. The predicted molar refractivity (Wildman–Crippen MR) is 102 cm³/mol.